The molecule has 2 aromatic carbocycles. The first-order chi connectivity index (χ1) is 20.6. The van der Waals surface area contributed by atoms with Crippen LogP contribution in [0.4, 0.5) is 23.3 Å². The third-order valence-electron chi connectivity index (χ3n) is 8.65. The van der Waals surface area contributed by atoms with Gasteiger partial charge in [-0.05, 0) is 30.5 Å². The summed E-state index contributed by atoms with van der Waals surface area (Å²) in [5.41, 5.74) is 3.14. The van der Waals surface area contributed by atoms with Crippen LogP contribution in [0, 0.1) is 0 Å². The fourth-order valence-electron chi connectivity index (χ4n) is 6.37. The maximum Gasteiger partial charge on any atom is 0.247 e. The van der Waals surface area contributed by atoms with Gasteiger partial charge in [0.15, 0.2) is 11.6 Å². The SMILES string of the molecule is CN(Cc1ccccc1)c1ncnc2c(N3CCOCC3)nc(N3CCC4(CC3)C(=O)NCN4c3ccccc3)nc12. The van der Waals surface area contributed by atoms with Gasteiger partial charge in [0.2, 0.25) is 11.9 Å². The Morgan fingerprint density at radius 2 is 1.60 bits per heavy atom. The summed E-state index contributed by atoms with van der Waals surface area (Å²) in [5, 5.41) is 3.10. The number of hydrogen-bond acceptors (Lipinski definition) is 10. The summed E-state index contributed by atoms with van der Waals surface area (Å²) in [5.74, 6) is 2.31. The number of ether oxygens (including phenoxy) is 1. The van der Waals surface area contributed by atoms with Crippen LogP contribution in [0.3, 0.4) is 0 Å². The van der Waals surface area contributed by atoms with Crippen LogP contribution < -0.4 is 24.9 Å². The summed E-state index contributed by atoms with van der Waals surface area (Å²) in [6.07, 6.45) is 2.95. The minimum atomic E-state index is -0.577. The molecule has 3 fully saturated rings. The van der Waals surface area contributed by atoms with E-state index in [1.807, 2.05) is 43.4 Å². The van der Waals surface area contributed by atoms with Gasteiger partial charge in [-0.2, -0.15) is 4.98 Å². The van der Waals surface area contributed by atoms with Crippen LogP contribution in [0.25, 0.3) is 11.0 Å². The van der Waals surface area contributed by atoms with Crippen molar-refractivity contribution in [1.29, 1.82) is 0 Å². The average molecular weight is 566 g/mol. The summed E-state index contributed by atoms with van der Waals surface area (Å²) in [6.45, 7) is 5.29. The summed E-state index contributed by atoms with van der Waals surface area (Å²) in [4.78, 5) is 41.6. The molecule has 42 heavy (non-hydrogen) atoms. The Morgan fingerprint density at radius 3 is 2.33 bits per heavy atom. The lowest BCUT2D eigenvalue weighted by molar-refractivity contribution is -0.124. The number of carbonyl (C=O) groups is 1. The topological polar surface area (TPSA) is 103 Å². The smallest absolute Gasteiger partial charge is 0.247 e. The lowest BCUT2D eigenvalue weighted by Crippen LogP contribution is -2.56. The first-order valence-electron chi connectivity index (χ1n) is 14.6. The van der Waals surface area contributed by atoms with Crippen LogP contribution in [-0.2, 0) is 16.1 Å². The molecule has 3 aliphatic rings. The molecule has 216 valence electrons. The second kappa shape index (κ2) is 11.1. The van der Waals surface area contributed by atoms with E-state index in [4.69, 9.17) is 19.7 Å². The first kappa shape index (κ1) is 26.4. The molecule has 1 amide bonds. The van der Waals surface area contributed by atoms with Gasteiger partial charge in [0, 0.05) is 45.5 Å². The molecule has 0 aliphatic carbocycles. The Labute approximate surface area is 245 Å². The zero-order valence-corrected chi connectivity index (χ0v) is 23.8. The van der Waals surface area contributed by atoms with Crippen LogP contribution in [-0.4, -0.2) is 84.5 Å². The molecule has 0 radical (unpaired) electrons. The molecule has 0 bridgehead atoms. The van der Waals surface area contributed by atoms with Gasteiger partial charge < -0.3 is 29.7 Å². The van der Waals surface area contributed by atoms with E-state index in [0.29, 0.717) is 58.3 Å². The highest BCUT2D eigenvalue weighted by atomic mass is 16.5. The van der Waals surface area contributed by atoms with Gasteiger partial charge in [-0.3, -0.25) is 4.79 Å². The first-order valence-corrected chi connectivity index (χ1v) is 14.6. The van der Waals surface area contributed by atoms with Crippen molar-refractivity contribution in [2.75, 3.05) is 72.7 Å². The number of benzene rings is 2. The normalized spacial score (nSPS) is 18.5. The fourth-order valence-corrected chi connectivity index (χ4v) is 6.37. The largest absolute Gasteiger partial charge is 0.378 e. The number of hydrogen-bond donors (Lipinski definition) is 1. The summed E-state index contributed by atoms with van der Waals surface area (Å²) in [6, 6.07) is 20.5. The third-order valence-corrected chi connectivity index (χ3v) is 8.65. The van der Waals surface area contributed by atoms with Crippen LogP contribution in [0.15, 0.2) is 67.0 Å². The minimum absolute atomic E-state index is 0.0951. The van der Waals surface area contributed by atoms with Gasteiger partial charge >= 0.3 is 0 Å². The highest BCUT2D eigenvalue weighted by Crippen LogP contribution is 2.38. The molecule has 0 saturated carbocycles. The number of carbonyl (C=O) groups excluding carboxylic acids is 1. The highest BCUT2D eigenvalue weighted by Gasteiger charge is 2.50. The van der Waals surface area contributed by atoms with Gasteiger partial charge in [-0.25, -0.2) is 15.0 Å². The lowest BCUT2D eigenvalue weighted by Gasteiger charge is -2.43. The number of rotatable bonds is 6. The number of para-hydroxylation sites is 1. The van der Waals surface area contributed by atoms with Crippen molar-refractivity contribution >= 4 is 40.2 Å². The quantitative estimate of drug-likeness (QED) is 0.375. The van der Waals surface area contributed by atoms with E-state index in [1.165, 1.54) is 5.56 Å². The number of nitrogens with zero attached hydrogens (tertiary/aromatic N) is 8. The van der Waals surface area contributed by atoms with Crippen LogP contribution in [0.2, 0.25) is 0 Å². The molecule has 1 spiro atoms. The van der Waals surface area contributed by atoms with Gasteiger partial charge in [0.1, 0.15) is 22.9 Å². The lowest BCUT2D eigenvalue weighted by atomic mass is 9.85. The molecule has 4 aromatic rings. The molecule has 3 saturated heterocycles. The van der Waals surface area contributed by atoms with E-state index in [2.05, 4.69) is 54.2 Å². The van der Waals surface area contributed by atoms with Crippen molar-refractivity contribution in [3.05, 3.63) is 72.6 Å². The maximum atomic E-state index is 13.2. The van der Waals surface area contributed by atoms with Crippen molar-refractivity contribution in [2.45, 2.75) is 24.9 Å². The molecule has 1 N–H and O–H groups in total. The number of piperidine rings is 1. The molecule has 0 atom stereocenters. The molecule has 0 unspecified atom stereocenters. The van der Waals surface area contributed by atoms with Crippen molar-refractivity contribution < 1.29 is 9.53 Å². The monoisotopic (exact) mass is 565 g/mol. The number of aromatic nitrogens is 4. The van der Waals surface area contributed by atoms with Crippen molar-refractivity contribution in [3.8, 4) is 0 Å². The number of amides is 1. The molecular weight excluding hydrogens is 530 g/mol. The highest BCUT2D eigenvalue weighted by molar-refractivity contribution is 5.95. The number of morpholine rings is 1. The van der Waals surface area contributed by atoms with Crippen molar-refractivity contribution in [3.63, 3.8) is 0 Å². The van der Waals surface area contributed by atoms with Gasteiger partial charge in [-0.1, -0.05) is 48.5 Å². The summed E-state index contributed by atoms with van der Waals surface area (Å²) in [7, 11) is 2.03. The predicted octanol–water partition coefficient (Wildman–Crippen LogP) is 2.83. The second-order valence-corrected chi connectivity index (χ2v) is 11.1. The van der Waals surface area contributed by atoms with Crippen molar-refractivity contribution in [2.24, 2.45) is 0 Å². The second-order valence-electron chi connectivity index (χ2n) is 11.1. The maximum absolute atomic E-state index is 13.2. The van der Waals surface area contributed by atoms with E-state index >= 15 is 0 Å². The fraction of sp³-hybridized carbons (Fsp3) is 0.387. The summed E-state index contributed by atoms with van der Waals surface area (Å²) >= 11 is 0. The molecular formula is C31H35N9O2. The molecule has 11 heteroatoms. The molecule has 7 rings (SSSR count). The molecule has 3 aliphatic heterocycles. The van der Waals surface area contributed by atoms with Gasteiger partial charge in [0.25, 0.3) is 0 Å². The Kier molecular flexibility index (Phi) is 6.94. The molecule has 2 aromatic heterocycles. The van der Waals surface area contributed by atoms with E-state index in [0.717, 1.165) is 41.4 Å². The zero-order chi connectivity index (χ0) is 28.5. The molecule has 5 heterocycles. The zero-order valence-electron chi connectivity index (χ0n) is 23.8. The minimum Gasteiger partial charge on any atom is -0.378 e. The Morgan fingerprint density at radius 1 is 0.881 bits per heavy atom. The Bertz CT molecular complexity index is 1560. The van der Waals surface area contributed by atoms with Crippen LogP contribution in [0.1, 0.15) is 18.4 Å². The van der Waals surface area contributed by atoms with E-state index < -0.39 is 5.54 Å². The van der Waals surface area contributed by atoms with Crippen LogP contribution >= 0.6 is 0 Å². The van der Waals surface area contributed by atoms with E-state index in [9.17, 15) is 4.79 Å². The number of fused-ring (bicyclic) bond motifs is 1. The standard InChI is InChI=1S/C31H35N9O2/c1-37(20-23-8-4-2-5-9-23)27-26-25(32-21-33-27)28(38-16-18-42-19-17-38)36-30(35-26)39-14-12-31(13-15-39)29(41)34-22-40(31)24-10-6-3-7-11-24/h2-11,21H,12-20,22H2,1H3,(H,34,41). The third kappa shape index (κ3) is 4.73. The van der Waals surface area contributed by atoms with E-state index in [1.54, 1.807) is 6.33 Å². The van der Waals surface area contributed by atoms with Gasteiger partial charge in [0.05, 0.1) is 19.9 Å². The molecule has 11 nitrogen and oxygen atoms in total. The van der Waals surface area contributed by atoms with Gasteiger partial charge in [-0.15, -0.1) is 0 Å². The van der Waals surface area contributed by atoms with Crippen LogP contribution in [0.5, 0.6) is 0 Å². The summed E-state index contributed by atoms with van der Waals surface area (Å²) < 4.78 is 5.64. The number of nitrogens with one attached hydrogen (secondary N) is 1. The van der Waals surface area contributed by atoms with Crippen molar-refractivity contribution in [1.82, 2.24) is 25.3 Å². The Balaban J connectivity index is 1.23. The van der Waals surface area contributed by atoms with E-state index in [-0.39, 0.29) is 5.91 Å². The predicted molar refractivity (Wildman–Crippen MR) is 163 cm³/mol. The Hall–Kier alpha value is -4.51. The number of anilines is 4. The average Bonchev–Trinajstić information content (AvgIpc) is 3.36.